The maximum atomic E-state index is 12.8. The topological polar surface area (TPSA) is 66.3 Å². The number of hydrogen-bond donors (Lipinski definition) is 1. The van der Waals surface area contributed by atoms with Crippen LogP contribution in [0.5, 0.6) is 0 Å². The van der Waals surface area contributed by atoms with Gasteiger partial charge in [0.05, 0.1) is 18.4 Å². The predicted molar refractivity (Wildman–Crippen MR) is 69.9 cm³/mol. The molecule has 0 saturated heterocycles. The van der Waals surface area contributed by atoms with Crippen molar-refractivity contribution in [3.63, 3.8) is 0 Å². The van der Waals surface area contributed by atoms with E-state index in [4.69, 9.17) is 0 Å². The Morgan fingerprint density at radius 3 is 2.65 bits per heavy atom. The van der Waals surface area contributed by atoms with Crippen LogP contribution in [0.25, 0.3) is 0 Å². The van der Waals surface area contributed by atoms with E-state index in [0.717, 1.165) is 0 Å². The Bertz CT molecular complexity index is 575. The zero-order chi connectivity index (χ0) is 14.5. The number of carbonyl (C=O) groups excluding carboxylic acids is 1. The summed E-state index contributed by atoms with van der Waals surface area (Å²) < 4.78 is 12.8. The van der Waals surface area contributed by atoms with Gasteiger partial charge in [0.1, 0.15) is 5.82 Å². The molecule has 0 aliphatic carbocycles. The lowest BCUT2D eigenvalue weighted by Gasteiger charge is -2.20. The molecule has 104 valence electrons. The van der Waals surface area contributed by atoms with E-state index in [9.17, 15) is 14.3 Å². The molecule has 1 aromatic carbocycles. The van der Waals surface area contributed by atoms with Crippen LogP contribution in [-0.2, 0) is 11.3 Å². The van der Waals surface area contributed by atoms with Gasteiger partial charge in [0.2, 0.25) is 0 Å². The average molecular weight is 275 g/mol. The highest BCUT2D eigenvalue weighted by molar-refractivity contribution is 5.81. The third kappa shape index (κ3) is 3.36. The van der Waals surface area contributed by atoms with Crippen LogP contribution in [0.2, 0.25) is 0 Å². The third-order valence-corrected chi connectivity index (χ3v) is 2.81. The number of aliphatic hydroxyl groups is 1. The maximum absolute atomic E-state index is 12.8. The smallest absolute Gasteiger partial charge is 0.256 e. The molecule has 1 unspecified atom stereocenters. The quantitative estimate of drug-likeness (QED) is 0.913. The van der Waals surface area contributed by atoms with Crippen molar-refractivity contribution in [2.24, 2.45) is 0 Å². The van der Waals surface area contributed by atoms with Crippen LogP contribution in [0.3, 0.4) is 0 Å². The number of rotatable bonds is 4. The molecule has 20 heavy (non-hydrogen) atoms. The number of likely N-dealkylation sites (N-methyl/N-ethyl adjacent to an activating group) is 1. The van der Waals surface area contributed by atoms with Gasteiger partial charge in [0.15, 0.2) is 6.10 Å². The molecule has 5 nitrogen and oxygen atoms in total. The highest BCUT2D eigenvalue weighted by Crippen LogP contribution is 2.16. The van der Waals surface area contributed by atoms with E-state index < -0.39 is 17.8 Å². The van der Waals surface area contributed by atoms with Gasteiger partial charge in [-0.3, -0.25) is 14.8 Å². The predicted octanol–water partition coefficient (Wildman–Crippen LogP) is 1.31. The molecule has 0 radical (unpaired) electrons. The minimum atomic E-state index is -1.32. The van der Waals surface area contributed by atoms with Crippen molar-refractivity contribution in [3.05, 3.63) is 59.9 Å². The summed E-state index contributed by atoms with van der Waals surface area (Å²) in [5.41, 5.74) is 0.969. The molecule has 2 aromatic rings. The Kier molecular flexibility index (Phi) is 4.37. The summed E-state index contributed by atoms with van der Waals surface area (Å²) in [6, 6.07) is 5.17. The number of nitrogens with zero attached hydrogens (tertiary/aromatic N) is 3. The van der Waals surface area contributed by atoms with E-state index in [2.05, 4.69) is 9.97 Å². The molecule has 0 fully saturated rings. The standard InChI is InChI=1S/C14H14FN3O2/c1-18(9-12-8-16-6-7-17-12)14(20)13(19)10-2-4-11(15)5-3-10/h2-8,13,19H,9H2,1H3. The van der Waals surface area contributed by atoms with Crippen molar-refractivity contribution in [2.75, 3.05) is 7.05 Å². The second-order valence-electron chi connectivity index (χ2n) is 4.35. The van der Waals surface area contributed by atoms with Crippen LogP contribution in [0, 0.1) is 5.82 Å². The van der Waals surface area contributed by atoms with E-state index in [1.165, 1.54) is 35.4 Å². The minimum Gasteiger partial charge on any atom is -0.378 e. The van der Waals surface area contributed by atoms with Gasteiger partial charge in [-0.25, -0.2) is 4.39 Å². The summed E-state index contributed by atoms with van der Waals surface area (Å²) in [7, 11) is 1.56. The molecule has 0 spiro atoms. The molecule has 0 bridgehead atoms. The molecule has 1 aromatic heterocycles. The number of aromatic nitrogens is 2. The summed E-state index contributed by atoms with van der Waals surface area (Å²) in [6.07, 6.45) is 3.30. The molecule has 0 saturated carbocycles. The Labute approximate surface area is 115 Å². The normalized spacial score (nSPS) is 11.9. The lowest BCUT2D eigenvalue weighted by Crippen LogP contribution is -2.31. The molecular weight excluding hydrogens is 261 g/mol. The Balaban J connectivity index is 2.04. The molecule has 1 heterocycles. The number of benzene rings is 1. The number of hydrogen-bond acceptors (Lipinski definition) is 4. The second kappa shape index (κ2) is 6.21. The van der Waals surface area contributed by atoms with Gasteiger partial charge in [-0.1, -0.05) is 12.1 Å². The van der Waals surface area contributed by atoms with Gasteiger partial charge in [-0.2, -0.15) is 0 Å². The van der Waals surface area contributed by atoms with Gasteiger partial charge < -0.3 is 10.0 Å². The number of halogens is 1. The summed E-state index contributed by atoms with van der Waals surface area (Å²) in [5, 5.41) is 9.98. The summed E-state index contributed by atoms with van der Waals surface area (Å²) >= 11 is 0. The zero-order valence-electron chi connectivity index (χ0n) is 10.9. The molecule has 2 rings (SSSR count). The Morgan fingerprint density at radius 1 is 1.35 bits per heavy atom. The molecule has 1 N–H and O–H groups in total. The first kappa shape index (κ1) is 14.1. The molecule has 1 atom stereocenters. The maximum Gasteiger partial charge on any atom is 0.256 e. The third-order valence-electron chi connectivity index (χ3n) is 2.81. The van der Waals surface area contributed by atoms with Crippen LogP contribution in [0.1, 0.15) is 17.4 Å². The van der Waals surface area contributed by atoms with Gasteiger partial charge in [-0.15, -0.1) is 0 Å². The van der Waals surface area contributed by atoms with Crippen molar-refractivity contribution in [2.45, 2.75) is 12.6 Å². The highest BCUT2D eigenvalue weighted by atomic mass is 19.1. The summed E-state index contributed by atoms with van der Waals surface area (Å²) in [4.78, 5) is 21.4. The monoisotopic (exact) mass is 275 g/mol. The first-order valence-electron chi connectivity index (χ1n) is 6.01. The van der Waals surface area contributed by atoms with E-state index in [-0.39, 0.29) is 6.54 Å². The van der Waals surface area contributed by atoms with Crippen LogP contribution in [0.15, 0.2) is 42.9 Å². The number of carbonyl (C=O) groups is 1. The van der Waals surface area contributed by atoms with Crippen molar-refractivity contribution in [3.8, 4) is 0 Å². The first-order valence-corrected chi connectivity index (χ1v) is 6.01. The second-order valence-corrected chi connectivity index (χ2v) is 4.35. The average Bonchev–Trinajstić information content (AvgIpc) is 2.47. The summed E-state index contributed by atoms with van der Waals surface area (Å²) in [6.45, 7) is 0.241. The van der Waals surface area contributed by atoms with E-state index in [1.807, 2.05) is 0 Å². The lowest BCUT2D eigenvalue weighted by atomic mass is 10.1. The van der Waals surface area contributed by atoms with Gasteiger partial charge in [0, 0.05) is 19.4 Å². The fraction of sp³-hybridized carbons (Fsp3) is 0.214. The highest BCUT2D eigenvalue weighted by Gasteiger charge is 2.21. The number of aliphatic hydroxyl groups excluding tert-OH is 1. The Hall–Kier alpha value is -2.34. The summed E-state index contributed by atoms with van der Waals surface area (Å²) in [5.74, 6) is -0.899. The molecule has 0 aliphatic heterocycles. The van der Waals surface area contributed by atoms with E-state index >= 15 is 0 Å². The largest absolute Gasteiger partial charge is 0.378 e. The van der Waals surface area contributed by atoms with Gasteiger partial charge in [0.25, 0.3) is 5.91 Å². The Morgan fingerprint density at radius 2 is 2.05 bits per heavy atom. The lowest BCUT2D eigenvalue weighted by molar-refractivity contribution is -0.139. The van der Waals surface area contributed by atoms with Crippen molar-refractivity contribution in [1.29, 1.82) is 0 Å². The molecule has 0 aliphatic rings. The van der Waals surface area contributed by atoms with Crippen molar-refractivity contribution >= 4 is 5.91 Å². The SMILES string of the molecule is CN(Cc1cnccn1)C(=O)C(O)c1ccc(F)cc1. The molecular formula is C14H14FN3O2. The molecule has 6 heteroatoms. The fourth-order valence-electron chi connectivity index (χ4n) is 1.73. The first-order chi connectivity index (χ1) is 9.58. The van der Waals surface area contributed by atoms with Crippen LogP contribution in [-0.4, -0.2) is 32.9 Å². The van der Waals surface area contributed by atoms with Gasteiger partial charge >= 0.3 is 0 Å². The zero-order valence-corrected chi connectivity index (χ0v) is 10.9. The van der Waals surface area contributed by atoms with Crippen LogP contribution >= 0.6 is 0 Å². The molecule has 1 amide bonds. The minimum absolute atomic E-state index is 0.241. The van der Waals surface area contributed by atoms with Crippen LogP contribution in [0.4, 0.5) is 4.39 Å². The van der Waals surface area contributed by atoms with E-state index in [0.29, 0.717) is 11.3 Å². The van der Waals surface area contributed by atoms with Crippen molar-refractivity contribution < 1.29 is 14.3 Å². The van der Waals surface area contributed by atoms with Gasteiger partial charge in [-0.05, 0) is 17.7 Å². The van der Waals surface area contributed by atoms with E-state index in [1.54, 1.807) is 19.4 Å². The van der Waals surface area contributed by atoms with Crippen molar-refractivity contribution in [1.82, 2.24) is 14.9 Å². The fourth-order valence-corrected chi connectivity index (χ4v) is 1.73. The number of amides is 1. The van der Waals surface area contributed by atoms with Crippen LogP contribution < -0.4 is 0 Å².